The molecule has 0 aliphatic carbocycles. The van der Waals surface area contributed by atoms with E-state index in [1.165, 1.54) is 11.8 Å². The SMILES string of the molecule is C=NC(=N/C(NNC(C)C)=C(\C)C(=O)OCC)SC. The first-order valence-corrected chi connectivity index (χ1v) is 7.17. The van der Waals surface area contributed by atoms with Gasteiger partial charge in [0.1, 0.15) is 0 Å². The molecule has 0 fully saturated rings. The van der Waals surface area contributed by atoms with Gasteiger partial charge >= 0.3 is 5.97 Å². The van der Waals surface area contributed by atoms with Crippen LogP contribution in [0.3, 0.4) is 0 Å². The molecular formula is C12H22N4O2S. The number of ether oxygens (including phenoxy) is 1. The van der Waals surface area contributed by atoms with Crippen molar-refractivity contribution in [2.45, 2.75) is 33.7 Å². The third-order valence-corrected chi connectivity index (χ3v) is 2.53. The number of rotatable bonds is 6. The van der Waals surface area contributed by atoms with Crippen molar-refractivity contribution in [2.24, 2.45) is 9.98 Å². The van der Waals surface area contributed by atoms with Gasteiger partial charge in [-0.2, -0.15) is 0 Å². The van der Waals surface area contributed by atoms with Gasteiger partial charge in [0.25, 0.3) is 0 Å². The van der Waals surface area contributed by atoms with E-state index in [4.69, 9.17) is 4.74 Å². The van der Waals surface area contributed by atoms with Crippen LogP contribution in [0.5, 0.6) is 0 Å². The summed E-state index contributed by atoms with van der Waals surface area (Å²) >= 11 is 1.34. The van der Waals surface area contributed by atoms with Crippen molar-refractivity contribution in [1.29, 1.82) is 0 Å². The van der Waals surface area contributed by atoms with Crippen LogP contribution in [-0.2, 0) is 9.53 Å². The molecule has 0 aliphatic heterocycles. The van der Waals surface area contributed by atoms with Crippen LogP contribution in [0, 0.1) is 0 Å². The summed E-state index contributed by atoms with van der Waals surface area (Å²) in [5.74, 6) is -0.0345. The van der Waals surface area contributed by atoms with Gasteiger partial charge in [0.2, 0.25) is 0 Å². The highest BCUT2D eigenvalue weighted by atomic mass is 32.2. The smallest absolute Gasteiger partial charge is 0.337 e. The van der Waals surface area contributed by atoms with Crippen LogP contribution < -0.4 is 10.9 Å². The number of hydrazine groups is 1. The number of amidine groups is 1. The van der Waals surface area contributed by atoms with Crippen LogP contribution in [0.1, 0.15) is 27.7 Å². The van der Waals surface area contributed by atoms with E-state index in [9.17, 15) is 4.79 Å². The van der Waals surface area contributed by atoms with Gasteiger partial charge in [0, 0.05) is 6.04 Å². The van der Waals surface area contributed by atoms with Crippen molar-refractivity contribution in [3.05, 3.63) is 11.4 Å². The van der Waals surface area contributed by atoms with Gasteiger partial charge < -0.3 is 10.2 Å². The molecule has 0 radical (unpaired) electrons. The van der Waals surface area contributed by atoms with Crippen molar-refractivity contribution >= 4 is 29.6 Å². The van der Waals surface area contributed by atoms with Crippen molar-refractivity contribution in [2.75, 3.05) is 12.9 Å². The molecule has 0 aromatic carbocycles. The van der Waals surface area contributed by atoms with E-state index in [0.29, 0.717) is 23.2 Å². The van der Waals surface area contributed by atoms with Crippen molar-refractivity contribution in [1.82, 2.24) is 10.9 Å². The Bertz CT molecular complexity index is 378. The van der Waals surface area contributed by atoms with E-state index in [-0.39, 0.29) is 6.04 Å². The molecule has 7 heteroatoms. The molecule has 0 unspecified atom stereocenters. The first kappa shape index (κ1) is 17.7. The lowest BCUT2D eigenvalue weighted by Crippen LogP contribution is -2.37. The topological polar surface area (TPSA) is 75.1 Å². The zero-order valence-electron chi connectivity index (χ0n) is 12.1. The number of hydrogen-bond donors (Lipinski definition) is 2. The average molecular weight is 286 g/mol. The maximum atomic E-state index is 11.7. The fourth-order valence-corrected chi connectivity index (χ4v) is 1.31. The summed E-state index contributed by atoms with van der Waals surface area (Å²) in [6, 6.07) is 0.189. The minimum atomic E-state index is -0.413. The highest BCUT2D eigenvalue weighted by Gasteiger charge is 2.12. The number of esters is 1. The van der Waals surface area contributed by atoms with E-state index in [1.807, 2.05) is 20.1 Å². The molecule has 0 rings (SSSR count). The highest BCUT2D eigenvalue weighted by molar-refractivity contribution is 8.13. The Morgan fingerprint density at radius 2 is 2.11 bits per heavy atom. The summed E-state index contributed by atoms with van der Waals surface area (Å²) in [7, 11) is 0. The largest absolute Gasteiger partial charge is 0.463 e. The predicted octanol–water partition coefficient (Wildman–Crippen LogP) is 1.70. The average Bonchev–Trinajstić information content (AvgIpc) is 2.38. The molecular weight excluding hydrogens is 264 g/mol. The van der Waals surface area contributed by atoms with Crippen molar-refractivity contribution < 1.29 is 9.53 Å². The fourth-order valence-electron chi connectivity index (χ4n) is 0.995. The zero-order chi connectivity index (χ0) is 14.8. The van der Waals surface area contributed by atoms with Crippen LogP contribution in [0.15, 0.2) is 21.4 Å². The summed E-state index contributed by atoms with van der Waals surface area (Å²) in [4.78, 5) is 19.7. The number of aliphatic imine (C=N–C) groups is 2. The van der Waals surface area contributed by atoms with Crippen molar-refractivity contribution in [3.63, 3.8) is 0 Å². The molecule has 0 saturated carbocycles. The van der Waals surface area contributed by atoms with Gasteiger partial charge in [0.15, 0.2) is 11.0 Å². The summed E-state index contributed by atoms with van der Waals surface area (Å²) < 4.78 is 4.95. The predicted molar refractivity (Wildman–Crippen MR) is 81.2 cm³/mol. The van der Waals surface area contributed by atoms with Crippen LogP contribution in [0.25, 0.3) is 0 Å². The summed E-state index contributed by atoms with van der Waals surface area (Å²) in [6.45, 7) is 11.1. The number of nitrogens with one attached hydrogen (secondary N) is 2. The number of thioether (sulfide) groups is 1. The maximum Gasteiger partial charge on any atom is 0.337 e. The van der Waals surface area contributed by atoms with E-state index < -0.39 is 5.97 Å². The summed E-state index contributed by atoms with van der Waals surface area (Å²) in [6.07, 6.45) is 1.83. The second kappa shape index (κ2) is 9.57. The van der Waals surface area contributed by atoms with Gasteiger partial charge in [-0.05, 0) is 40.7 Å². The van der Waals surface area contributed by atoms with Crippen LogP contribution in [0.4, 0.5) is 0 Å². The maximum absolute atomic E-state index is 11.7. The second-order valence-electron chi connectivity index (χ2n) is 3.87. The Kier molecular flexibility index (Phi) is 8.90. The van der Waals surface area contributed by atoms with E-state index in [2.05, 4.69) is 27.6 Å². The Morgan fingerprint density at radius 1 is 1.47 bits per heavy atom. The van der Waals surface area contributed by atoms with Gasteiger partial charge in [-0.25, -0.2) is 20.2 Å². The molecule has 0 aliphatic rings. The molecule has 108 valence electrons. The first-order chi connectivity index (χ1) is 8.96. The number of carbonyl (C=O) groups excluding carboxylic acids is 1. The minimum absolute atomic E-state index is 0.189. The molecule has 0 spiro atoms. The van der Waals surface area contributed by atoms with Crippen molar-refractivity contribution in [3.8, 4) is 0 Å². The Balaban J connectivity index is 5.24. The fraction of sp³-hybridized carbons (Fsp3) is 0.583. The summed E-state index contributed by atoms with van der Waals surface area (Å²) in [5.41, 5.74) is 6.26. The Hall–Kier alpha value is -1.34. The molecule has 0 atom stereocenters. The molecule has 0 amide bonds. The lowest BCUT2D eigenvalue weighted by atomic mass is 10.3. The molecule has 0 bridgehead atoms. The molecule has 0 saturated heterocycles. The van der Waals surface area contributed by atoms with E-state index >= 15 is 0 Å². The van der Waals surface area contributed by atoms with Gasteiger partial charge in [-0.3, -0.25) is 0 Å². The summed E-state index contributed by atoms with van der Waals surface area (Å²) in [5, 5.41) is 0.469. The molecule has 0 heterocycles. The molecule has 2 N–H and O–H groups in total. The standard InChI is InChI=1S/C12H22N4O2S/c1-7-18-11(17)9(4)10(16-15-8(2)3)14-12(13-5)19-6/h8,15-16H,5,7H2,1-4,6H3/b10-9-,14-12?. The quantitative estimate of drug-likeness (QED) is 0.255. The van der Waals surface area contributed by atoms with Gasteiger partial charge in [-0.15, -0.1) is 0 Å². The van der Waals surface area contributed by atoms with Gasteiger partial charge in [0.05, 0.1) is 12.2 Å². The van der Waals surface area contributed by atoms with Gasteiger partial charge in [-0.1, -0.05) is 11.8 Å². The Morgan fingerprint density at radius 3 is 2.53 bits per heavy atom. The Labute approximate surface area is 118 Å². The first-order valence-electron chi connectivity index (χ1n) is 5.95. The second-order valence-corrected chi connectivity index (χ2v) is 4.65. The van der Waals surface area contributed by atoms with Crippen LogP contribution in [-0.4, -0.2) is 36.8 Å². The van der Waals surface area contributed by atoms with Crippen LogP contribution >= 0.6 is 11.8 Å². The van der Waals surface area contributed by atoms with E-state index in [1.54, 1.807) is 13.8 Å². The third-order valence-electron chi connectivity index (χ3n) is 1.94. The number of carbonyl (C=O) groups is 1. The molecule has 0 aromatic heterocycles. The highest BCUT2D eigenvalue weighted by Crippen LogP contribution is 2.09. The lowest BCUT2D eigenvalue weighted by Gasteiger charge is -2.14. The normalized spacial score (nSPS) is 13.1. The monoisotopic (exact) mass is 286 g/mol. The lowest BCUT2D eigenvalue weighted by molar-refractivity contribution is -0.138. The zero-order valence-corrected chi connectivity index (χ0v) is 12.9. The number of hydrogen-bond acceptors (Lipinski definition) is 6. The molecule has 0 aromatic rings. The minimum Gasteiger partial charge on any atom is -0.463 e. The third kappa shape index (κ3) is 6.97. The molecule has 19 heavy (non-hydrogen) atoms. The number of nitrogens with zero attached hydrogens (tertiary/aromatic N) is 2. The molecule has 6 nitrogen and oxygen atoms in total. The van der Waals surface area contributed by atoms with E-state index in [0.717, 1.165) is 0 Å². The van der Waals surface area contributed by atoms with Crippen LogP contribution in [0.2, 0.25) is 0 Å².